The van der Waals surface area contributed by atoms with Crippen molar-refractivity contribution in [3.05, 3.63) is 117 Å². The Morgan fingerprint density at radius 2 is 1.52 bits per heavy atom. The molecule has 0 saturated carbocycles. The number of benzene rings is 4. The highest BCUT2D eigenvalue weighted by atomic mass is 35.5. The average Bonchev–Trinajstić information content (AvgIpc) is 2.78. The van der Waals surface area contributed by atoms with Gasteiger partial charge in [-0.25, -0.2) is 4.98 Å². The largest absolute Gasteiger partial charge is 0.268 e. The van der Waals surface area contributed by atoms with E-state index in [2.05, 4.69) is 18.2 Å². The van der Waals surface area contributed by atoms with E-state index in [4.69, 9.17) is 28.2 Å². The lowest BCUT2D eigenvalue weighted by molar-refractivity contribution is 0.944. The monoisotopic (exact) mass is 442 g/mol. The third-order valence-electron chi connectivity index (χ3n) is 5.19. The van der Waals surface area contributed by atoms with Crippen molar-refractivity contribution in [3.8, 4) is 5.69 Å². The normalized spacial score (nSPS) is 11.5. The van der Waals surface area contributed by atoms with E-state index < -0.39 is 0 Å². The topological polar surface area (TPSA) is 34.9 Å². The molecule has 0 aliphatic heterocycles. The van der Waals surface area contributed by atoms with Gasteiger partial charge < -0.3 is 0 Å². The lowest BCUT2D eigenvalue weighted by atomic mass is 10.0. The minimum atomic E-state index is -0.188. The third kappa shape index (κ3) is 3.63. The Hall–Kier alpha value is -3.40. The first-order valence-electron chi connectivity index (χ1n) is 9.75. The summed E-state index contributed by atoms with van der Waals surface area (Å²) in [5.74, 6) is 0.487. The Bertz CT molecular complexity index is 1530. The third-order valence-corrected chi connectivity index (χ3v) is 5.73. The second-order valence-electron chi connectivity index (χ2n) is 7.13. The summed E-state index contributed by atoms with van der Waals surface area (Å²) in [5, 5.41) is 3.68. The maximum atomic E-state index is 13.4. The van der Waals surface area contributed by atoms with E-state index in [9.17, 15) is 4.79 Å². The fourth-order valence-electron chi connectivity index (χ4n) is 3.72. The first-order valence-corrected chi connectivity index (χ1v) is 10.5. The molecule has 31 heavy (non-hydrogen) atoms. The number of nitrogens with zero attached hydrogens (tertiary/aromatic N) is 2. The van der Waals surface area contributed by atoms with Gasteiger partial charge >= 0.3 is 0 Å². The molecule has 0 fully saturated rings. The molecule has 0 saturated heterocycles. The zero-order chi connectivity index (χ0) is 21.4. The van der Waals surface area contributed by atoms with Gasteiger partial charge in [0.2, 0.25) is 0 Å². The summed E-state index contributed by atoms with van der Waals surface area (Å²) in [6, 6.07) is 26.7. The van der Waals surface area contributed by atoms with Gasteiger partial charge in [-0.3, -0.25) is 9.36 Å². The van der Waals surface area contributed by atoms with E-state index in [0.717, 1.165) is 16.3 Å². The Morgan fingerprint density at radius 3 is 2.35 bits per heavy atom. The molecule has 0 unspecified atom stereocenters. The van der Waals surface area contributed by atoms with Crippen LogP contribution in [-0.2, 0) is 0 Å². The molecule has 1 aromatic heterocycles. The van der Waals surface area contributed by atoms with E-state index >= 15 is 0 Å². The molecule has 0 spiro atoms. The smallest absolute Gasteiger partial charge is 0.266 e. The number of hydrogen-bond donors (Lipinski definition) is 0. The zero-order valence-corrected chi connectivity index (χ0v) is 17.8. The van der Waals surface area contributed by atoms with Gasteiger partial charge in [0.25, 0.3) is 5.56 Å². The molecule has 5 rings (SSSR count). The van der Waals surface area contributed by atoms with Crippen LogP contribution in [0.2, 0.25) is 10.0 Å². The summed E-state index contributed by atoms with van der Waals surface area (Å²) in [4.78, 5) is 18.2. The van der Waals surface area contributed by atoms with Crippen LogP contribution in [0.4, 0.5) is 0 Å². The Labute approximate surface area is 188 Å². The Balaban J connectivity index is 1.76. The highest BCUT2D eigenvalue weighted by Crippen LogP contribution is 2.26. The van der Waals surface area contributed by atoms with Crippen LogP contribution in [0.15, 0.2) is 89.7 Å². The van der Waals surface area contributed by atoms with E-state index in [-0.39, 0.29) is 5.56 Å². The van der Waals surface area contributed by atoms with Crippen LogP contribution < -0.4 is 5.56 Å². The van der Waals surface area contributed by atoms with E-state index in [0.29, 0.717) is 32.5 Å². The van der Waals surface area contributed by atoms with Crippen molar-refractivity contribution in [2.45, 2.75) is 0 Å². The van der Waals surface area contributed by atoms with Gasteiger partial charge in [-0.15, -0.1) is 0 Å². The lowest BCUT2D eigenvalue weighted by Gasteiger charge is -2.13. The molecule has 150 valence electrons. The zero-order valence-electron chi connectivity index (χ0n) is 16.3. The molecule has 0 aliphatic carbocycles. The van der Waals surface area contributed by atoms with Gasteiger partial charge in [-0.2, -0.15) is 0 Å². The van der Waals surface area contributed by atoms with E-state index in [1.54, 1.807) is 24.3 Å². The molecule has 0 aliphatic rings. The molecule has 0 radical (unpaired) electrons. The van der Waals surface area contributed by atoms with Gasteiger partial charge in [-0.05, 0) is 52.7 Å². The van der Waals surface area contributed by atoms with Gasteiger partial charge in [0.1, 0.15) is 5.82 Å². The first-order chi connectivity index (χ1) is 15.1. The number of rotatable bonds is 3. The minimum Gasteiger partial charge on any atom is -0.268 e. The van der Waals surface area contributed by atoms with Gasteiger partial charge in [0, 0.05) is 5.02 Å². The van der Waals surface area contributed by atoms with Crippen molar-refractivity contribution in [2.24, 2.45) is 0 Å². The number of halogens is 2. The molecule has 3 nitrogen and oxygen atoms in total. The van der Waals surface area contributed by atoms with Crippen LogP contribution in [0.1, 0.15) is 11.4 Å². The molecule has 5 aromatic rings. The maximum Gasteiger partial charge on any atom is 0.266 e. The van der Waals surface area contributed by atoms with Crippen LogP contribution >= 0.6 is 23.2 Å². The Kier molecular flexibility index (Phi) is 5.06. The summed E-state index contributed by atoms with van der Waals surface area (Å²) in [5.41, 5.74) is 2.01. The molecular weight excluding hydrogens is 427 g/mol. The highest BCUT2D eigenvalue weighted by molar-refractivity contribution is 6.35. The fourth-order valence-corrected chi connectivity index (χ4v) is 4.21. The molecule has 0 N–H and O–H groups in total. The number of hydrogen-bond acceptors (Lipinski definition) is 2. The van der Waals surface area contributed by atoms with Gasteiger partial charge in [0.05, 0.1) is 21.6 Å². The summed E-state index contributed by atoms with van der Waals surface area (Å²) in [6.45, 7) is 0. The van der Waals surface area contributed by atoms with Crippen LogP contribution in [0.3, 0.4) is 0 Å². The summed E-state index contributed by atoms with van der Waals surface area (Å²) < 4.78 is 1.53. The average molecular weight is 443 g/mol. The van der Waals surface area contributed by atoms with Crippen molar-refractivity contribution < 1.29 is 0 Å². The van der Waals surface area contributed by atoms with Gasteiger partial charge in [0.15, 0.2) is 0 Å². The van der Waals surface area contributed by atoms with Crippen molar-refractivity contribution in [3.63, 3.8) is 0 Å². The van der Waals surface area contributed by atoms with E-state index in [1.807, 2.05) is 54.6 Å². The van der Waals surface area contributed by atoms with E-state index in [1.165, 1.54) is 4.57 Å². The van der Waals surface area contributed by atoms with Crippen LogP contribution in [0.5, 0.6) is 0 Å². The predicted molar refractivity (Wildman–Crippen MR) is 130 cm³/mol. The predicted octanol–water partition coefficient (Wildman–Crippen LogP) is 7.02. The molecule has 1 heterocycles. The maximum absolute atomic E-state index is 13.4. The van der Waals surface area contributed by atoms with Crippen molar-refractivity contribution >= 4 is 57.0 Å². The van der Waals surface area contributed by atoms with Crippen LogP contribution in [0.25, 0.3) is 39.5 Å². The lowest BCUT2D eigenvalue weighted by Crippen LogP contribution is -2.22. The molecule has 0 amide bonds. The first kappa shape index (κ1) is 19.6. The van der Waals surface area contributed by atoms with Crippen LogP contribution in [0, 0.1) is 0 Å². The number of para-hydroxylation sites is 1. The quantitative estimate of drug-likeness (QED) is 0.301. The molecule has 4 aromatic carbocycles. The minimum absolute atomic E-state index is 0.188. The van der Waals surface area contributed by atoms with Crippen molar-refractivity contribution in [2.75, 3.05) is 0 Å². The Morgan fingerprint density at radius 1 is 0.774 bits per heavy atom. The summed E-state index contributed by atoms with van der Waals surface area (Å²) in [6.07, 6.45) is 3.82. The second-order valence-corrected chi connectivity index (χ2v) is 7.97. The van der Waals surface area contributed by atoms with Crippen molar-refractivity contribution in [1.29, 1.82) is 0 Å². The standard InChI is InChI=1S/C26H16Cl2N2O/c27-19-13-14-24(22(28)16-19)30-25(29-23-11-4-3-10-21(23)26(30)31)15-12-18-8-5-7-17-6-1-2-9-20(17)18/h1-16H. The van der Waals surface area contributed by atoms with Gasteiger partial charge in [-0.1, -0.05) is 83.9 Å². The fraction of sp³-hybridized carbons (Fsp3) is 0. The van der Waals surface area contributed by atoms with Crippen molar-refractivity contribution in [1.82, 2.24) is 9.55 Å². The molecule has 0 bridgehead atoms. The second kappa shape index (κ2) is 8.03. The summed E-state index contributed by atoms with van der Waals surface area (Å²) in [7, 11) is 0. The highest BCUT2D eigenvalue weighted by Gasteiger charge is 2.14. The number of aromatic nitrogens is 2. The summed E-state index contributed by atoms with van der Waals surface area (Å²) >= 11 is 12.5. The molecular formula is C26H16Cl2N2O. The van der Waals surface area contributed by atoms with Crippen LogP contribution in [-0.4, -0.2) is 9.55 Å². The number of fused-ring (bicyclic) bond motifs is 2. The SMILES string of the molecule is O=c1c2ccccc2nc(C=Cc2cccc3ccccc23)n1-c1ccc(Cl)cc1Cl. The molecule has 0 atom stereocenters. The molecule has 5 heteroatoms.